The van der Waals surface area contributed by atoms with Crippen molar-refractivity contribution in [3.05, 3.63) is 70.2 Å². The van der Waals surface area contributed by atoms with Gasteiger partial charge in [0.05, 0.1) is 28.5 Å². The van der Waals surface area contributed by atoms with E-state index in [1.54, 1.807) is 29.5 Å². The minimum Gasteiger partial charge on any atom is -0.377 e. The van der Waals surface area contributed by atoms with Crippen molar-refractivity contribution in [1.29, 1.82) is 5.26 Å². The van der Waals surface area contributed by atoms with E-state index in [1.165, 1.54) is 0 Å². The summed E-state index contributed by atoms with van der Waals surface area (Å²) < 4.78 is 0. The van der Waals surface area contributed by atoms with Gasteiger partial charge in [0.15, 0.2) is 0 Å². The summed E-state index contributed by atoms with van der Waals surface area (Å²) in [5, 5.41) is 15.9. The molecule has 0 saturated heterocycles. The van der Waals surface area contributed by atoms with Crippen molar-refractivity contribution >= 4 is 28.6 Å². The zero-order valence-corrected chi connectivity index (χ0v) is 13.2. The van der Waals surface area contributed by atoms with Gasteiger partial charge in [-0.15, -0.1) is 11.3 Å². The number of rotatable bonds is 4. The van der Waals surface area contributed by atoms with Gasteiger partial charge in [-0.05, 0) is 12.1 Å². The van der Waals surface area contributed by atoms with Crippen molar-refractivity contribution in [1.82, 2.24) is 4.98 Å². The highest BCUT2D eigenvalue weighted by molar-refractivity contribution is 7.13. The van der Waals surface area contributed by atoms with E-state index in [0.29, 0.717) is 22.8 Å². The molecule has 1 heterocycles. The van der Waals surface area contributed by atoms with E-state index in [9.17, 15) is 0 Å². The quantitative estimate of drug-likeness (QED) is 0.738. The van der Waals surface area contributed by atoms with Gasteiger partial charge in [0.2, 0.25) is 0 Å². The lowest BCUT2D eigenvalue weighted by Gasteiger charge is -2.08. The lowest BCUT2D eigenvalue weighted by atomic mass is 10.2. The highest BCUT2D eigenvalue weighted by atomic mass is 35.5. The summed E-state index contributed by atoms with van der Waals surface area (Å²) in [7, 11) is 0. The lowest BCUT2D eigenvalue weighted by molar-refractivity contribution is 1.07. The largest absolute Gasteiger partial charge is 0.377 e. The van der Waals surface area contributed by atoms with Gasteiger partial charge in [-0.3, -0.25) is 0 Å². The maximum absolute atomic E-state index is 9.13. The van der Waals surface area contributed by atoms with Crippen molar-refractivity contribution in [2.24, 2.45) is 0 Å². The average Bonchev–Trinajstić information content (AvgIpc) is 3.03. The number of para-hydroxylation sites is 1. The third-order valence-corrected chi connectivity index (χ3v) is 4.41. The normalized spacial score (nSPS) is 10.2. The van der Waals surface area contributed by atoms with Gasteiger partial charge in [-0.2, -0.15) is 5.26 Å². The van der Waals surface area contributed by atoms with Crippen LogP contribution in [0.1, 0.15) is 11.3 Å². The molecule has 0 spiro atoms. The van der Waals surface area contributed by atoms with Crippen LogP contribution < -0.4 is 5.32 Å². The van der Waals surface area contributed by atoms with Crippen LogP contribution in [0.5, 0.6) is 0 Å². The molecule has 3 aromatic rings. The fourth-order valence-corrected chi connectivity index (χ4v) is 3.14. The molecule has 0 bridgehead atoms. The standard InChI is InChI=1S/C17H12ClN3S/c18-15-8-4-7-13(9-19)16(15)20-10-14-11-22-17(21-14)12-5-2-1-3-6-12/h1-8,11,20H,10H2. The van der Waals surface area contributed by atoms with Crippen molar-refractivity contribution in [3.8, 4) is 16.6 Å². The molecule has 22 heavy (non-hydrogen) atoms. The third kappa shape index (κ3) is 3.11. The van der Waals surface area contributed by atoms with E-state index in [-0.39, 0.29) is 0 Å². The van der Waals surface area contributed by atoms with Crippen molar-refractivity contribution in [2.45, 2.75) is 6.54 Å². The molecule has 0 fully saturated rings. The van der Waals surface area contributed by atoms with Crippen LogP contribution in [0.15, 0.2) is 53.9 Å². The van der Waals surface area contributed by atoms with Crippen LogP contribution in [0.2, 0.25) is 5.02 Å². The Balaban J connectivity index is 1.76. The molecule has 0 aliphatic carbocycles. The highest BCUT2D eigenvalue weighted by Gasteiger charge is 2.08. The number of nitrogens with one attached hydrogen (secondary N) is 1. The number of halogens is 1. The number of nitriles is 1. The molecule has 0 aliphatic rings. The maximum atomic E-state index is 9.13. The van der Waals surface area contributed by atoms with Gasteiger partial charge in [0.1, 0.15) is 11.1 Å². The Bertz CT molecular complexity index is 821. The Morgan fingerprint density at radius 2 is 1.95 bits per heavy atom. The summed E-state index contributed by atoms with van der Waals surface area (Å²) in [6, 6.07) is 17.5. The van der Waals surface area contributed by atoms with E-state index in [0.717, 1.165) is 16.3 Å². The number of aromatic nitrogens is 1. The molecule has 1 N–H and O–H groups in total. The lowest BCUT2D eigenvalue weighted by Crippen LogP contribution is -2.02. The Kier molecular flexibility index (Phi) is 4.38. The van der Waals surface area contributed by atoms with E-state index in [2.05, 4.69) is 16.4 Å². The number of nitrogens with zero attached hydrogens (tertiary/aromatic N) is 2. The van der Waals surface area contributed by atoms with Crippen molar-refractivity contribution in [3.63, 3.8) is 0 Å². The van der Waals surface area contributed by atoms with Crippen LogP contribution in [0.25, 0.3) is 10.6 Å². The number of anilines is 1. The topological polar surface area (TPSA) is 48.7 Å². The summed E-state index contributed by atoms with van der Waals surface area (Å²) in [5.41, 5.74) is 3.22. The molecule has 0 radical (unpaired) electrons. The Morgan fingerprint density at radius 3 is 2.73 bits per heavy atom. The average molecular weight is 326 g/mol. The van der Waals surface area contributed by atoms with E-state index < -0.39 is 0 Å². The van der Waals surface area contributed by atoms with Crippen LogP contribution in [-0.4, -0.2) is 4.98 Å². The van der Waals surface area contributed by atoms with Gasteiger partial charge in [0.25, 0.3) is 0 Å². The Morgan fingerprint density at radius 1 is 1.14 bits per heavy atom. The summed E-state index contributed by atoms with van der Waals surface area (Å²) in [4.78, 5) is 4.61. The molecule has 0 amide bonds. The van der Waals surface area contributed by atoms with Gasteiger partial charge >= 0.3 is 0 Å². The van der Waals surface area contributed by atoms with E-state index >= 15 is 0 Å². The SMILES string of the molecule is N#Cc1cccc(Cl)c1NCc1csc(-c2ccccc2)n1. The summed E-state index contributed by atoms with van der Waals surface area (Å²) in [6.07, 6.45) is 0. The molecule has 3 rings (SSSR count). The fourth-order valence-electron chi connectivity index (χ4n) is 2.08. The Hall–Kier alpha value is -2.35. The van der Waals surface area contributed by atoms with Crippen LogP contribution in [0.4, 0.5) is 5.69 Å². The van der Waals surface area contributed by atoms with Crippen molar-refractivity contribution < 1.29 is 0 Å². The first-order valence-electron chi connectivity index (χ1n) is 6.70. The summed E-state index contributed by atoms with van der Waals surface area (Å²) in [5.74, 6) is 0. The van der Waals surface area contributed by atoms with Gasteiger partial charge in [-0.1, -0.05) is 48.0 Å². The van der Waals surface area contributed by atoms with Gasteiger partial charge in [0, 0.05) is 10.9 Å². The molecule has 1 aromatic heterocycles. The molecule has 0 aliphatic heterocycles. The minimum atomic E-state index is 0.530. The van der Waals surface area contributed by atoms with E-state index in [1.807, 2.05) is 35.7 Å². The summed E-state index contributed by atoms with van der Waals surface area (Å²) >= 11 is 7.75. The van der Waals surface area contributed by atoms with Crippen molar-refractivity contribution in [2.75, 3.05) is 5.32 Å². The number of benzene rings is 2. The molecule has 3 nitrogen and oxygen atoms in total. The van der Waals surface area contributed by atoms with Gasteiger partial charge < -0.3 is 5.32 Å². The van der Waals surface area contributed by atoms with Crippen LogP contribution >= 0.6 is 22.9 Å². The van der Waals surface area contributed by atoms with Crippen LogP contribution in [0.3, 0.4) is 0 Å². The zero-order valence-electron chi connectivity index (χ0n) is 11.6. The number of thiazole rings is 1. The number of hydrogen-bond donors (Lipinski definition) is 1. The highest BCUT2D eigenvalue weighted by Crippen LogP contribution is 2.27. The predicted molar refractivity (Wildman–Crippen MR) is 91.0 cm³/mol. The Labute approximate surface area is 137 Å². The minimum absolute atomic E-state index is 0.530. The molecule has 0 saturated carbocycles. The first kappa shape index (κ1) is 14.6. The van der Waals surface area contributed by atoms with Gasteiger partial charge in [-0.25, -0.2) is 4.98 Å². The third-order valence-electron chi connectivity index (χ3n) is 3.15. The monoisotopic (exact) mass is 325 g/mol. The second-order valence-corrected chi connectivity index (χ2v) is 5.90. The van der Waals surface area contributed by atoms with Crippen LogP contribution in [-0.2, 0) is 6.54 Å². The molecular formula is C17H12ClN3S. The summed E-state index contributed by atoms with van der Waals surface area (Å²) in [6.45, 7) is 0.530. The second kappa shape index (κ2) is 6.61. The molecule has 0 unspecified atom stereocenters. The smallest absolute Gasteiger partial charge is 0.123 e. The first-order valence-corrected chi connectivity index (χ1v) is 7.96. The molecule has 2 aromatic carbocycles. The molecule has 108 valence electrons. The zero-order chi connectivity index (χ0) is 15.4. The maximum Gasteiger partial charge on any atom is 0.123 e. The fraction of sp³-hybridized carbons (Fsp3) is 0.0588. The molecule has 5 heteroatoms. The molecular weight excluding hydrogens is 314 g/mol. The second-order valence-electron chi connectivity index (χ2n) is 4.64. The predicted octanol–water partition coefficient (Wildman–Crippen LogP) is 4.95. The first-order chi connectivity index (χ1) is 10.8. The number of hydrogen-bond acceptors (Lipinski definition) is 4. The van der Waals surface area contributed by atoms with E-state index in [4.69, 9.17) is 16.9 Å². The molecule has 0 atom stereocenters. The van der Waals surface area contributed by atoms with Crippen LogP contribution in [0, 0.1) is 11.3 Å².